The van der Waals surface area contributed by atoms with E-state index in [1.165, 1.54) is 0 Å². The summed E-state index contributed by atoms with van der Waals surface area (Å²) in [4.78, 5) is 31.2. The van der Waals surface area contributed by atoms with E-state index in [1.807, 2.05) is 9.80 Å². The van der Waals surface area contributed by atoms with Crippen LogP contribution < -0.4 is 4.74 Å². The van der Waals surface area contributed by atoms with Crippen molar-refractivity contribution in [2.45, 2.75) is 32.5 Å². The summed E-state index contributed by atoms with van der Waals surface area (Å²) in [6, 6.07) is 7.15. The van der Waals surface area contributed by atoms with Crippen LogP contribution in [0.5, 0.6) is 5.75 Å². The lowest BCUT2D eigenvalue weighted by molar-refractivity contribution is -0.134. The van der Waals surface area contributed by atoms with Gasteiger partial charge in [-0.15, -0.1) is 0 Å². The molecule has 0 aromatic heterocycles. The van der Waals surface area contributed by atoms with E-state index in [0.29, 0.717) is 38.2 Å². The first-order valence-corrected chi connectivity index (χ1v) is 10.0. The number of piperazine rings is 1. The van der Waals surface area contributed by atoms with Crippen LogP contribution in [0.15, 0.2) is 24.3 Å². The van der Waals surface area contributed by atoms with E-state index < -0.39 is 0 Å². The predicted molar refractivity (Wildman–Crippen MR) is 107 cm³/mol. The second-order valence-electron chi connectivity index (χ2n) is 7.67. The van der Waals surface area contributed by atoms with Crippen LogP contribution in [0.4, 0.5) is 0 Å². The average molecular weight is 389 g/mol. The quantitative estimate of drug-likeness (QED) is 0.763. The number of carbonyl (C=O) groups is 2. The molecule has 0 unspecified atom stereocenters. The number of methoxy groups -OCH3 is 1. The van der Waals surface area contributed by atoms with E-state index in [2.05, 4.69) is 18.7 Å². The fraction of sp³-hybridized carbons (Fsp3) is 0.619. The number of hydrogen-bond donors (Lipinski definition) is 0. The molecule has 1 aromatic carbocycles. The van der Waals surface area contributed by atoms with E-state index in [-0.39, 0.29) is 24.0 Å². The van der Waals surface area contributed by atoms with Crippen molar-refractivity contribution in [1.29, 1.82) is 0 Å². The summed E-state index contributed by atoms with van der Waals surface area (Å²) in [5.41, 5.74) is 0.649. The number of rotatable bonds is 5. The second kappa shape index (κ2) is 9.39. The standard InChI is InChI=1S/C21H31N3O4/c1-16-14-22(15-17(2)28-16)9-8-20(25)23-10-12-24(13-11-23)21(26)18-4-6-19(27-3)7-5-18/h4-7,16-17H,8-15H2,1-3H3/t16-,17+. The third kappa shape index (κ3) is 5.23. The highest BCUT2D eigenvalue weighted by Gasteiger charge is 2.26. The van der Waals surface area contributed by atoms with Crippen molar-refractivity contribution in [2.75, 3.05) is 52.9 Å². The van der Waals surface area contributed by atoms with E-state index in [0.717, 1.165) is 25.4 Å². The Bertz CT molecular complexity index is 661. The van der Waals surface area contributed by atoms with Crippen molar-refractivity contribution in [2.24, 2.45) is 0 Å². The molecule has 7 heteroatoms. The minimum atomic E-state index is 0.00560. The smallest absolute Gasteiger partial charge is 0.253 e. The van der Waals surface area contributed by atoms with Gasteiger partial charge in [0.25, 0.3) is 5.91 Å². The maximum Gasteiger partial charge on any atom is 0.253 e. The van der Waals surface area contributed by atoms with Crippen molar-refractivity contribution < 1.29 is 19.1 Å². The van der Waals surface area contributed by atoms with Gasteiger partial charge in [0.15, 0.2) is 0 Å². The van der Waals surface area contributed by atoms with Crippen LogP contribution in [0.1, 0.15) is 30.6 Å². The number of hydrogen-bond acceptors (Lipinski definition) is 5. The Morgan fingerprint density at radius 3 is 2.14 bits per heavy atom. The Kier molecular flexibility index (Phi) is 6.91. The number of nitrogens with zero attached hydrogens (tertiary/aromatic N) is 3. The van der Waals surface area contributed by atoms with Crippen molar-refractivity contribution in [3.63, 3.8) is 0 Å². The van der Waals surface area contributed by atoms with Crippen LogP contribution in [0.25, 0.3) is 0 Å². The zero-order valence-electron chi connectivity index (χ0n) is 17.1. The molecular weight excluding hydrogens is 358 g/mol. The zero-order chi connectivity index (χ0) is 20.1. The van der Waals surface area contributed by atoms with Crippen LogP contribution in [0, 0.1) is 0 Å². The fourth-order valence-electron chi connectivity index (χ4n) is 3.95. The monoisotopic (exact) mass is 389 g/mol. The van der Waals surface area contributed by atoms with E-state index in [1.54, 1.807) is 31.4 Å². The molecule has 2 heterocycles. The number of benzene rings is 1. The second-order valence-corrected chi connectivity index (χ2v) is 7.67. The molecule has 1 aromatic rings. The predicted octanol–water partition coefficient (Wildman–Crippen LogP) is 1.48. The van der Waals surface area contributed by atoms with Crippen LogP contribution >= 0.6 is 0 Å². The molecule has 0 N–H and O–H groups in total. The minimum Gasteiger partial charge on any atom is -0.497 e. The highest BCUT2D eigenvalue weighted by Crippen LogP contribution is 2.15. The molecule has 2 fully saturated rings. The lowest BCUT2D eigenvalue weighted by Crippen LogP contribution is -2.51. The number of morpholine rings is 1. The first-order chi connectivity index (χ1) is 13.5. The van der Waals surface area contributed by atoms with Gasteiger partial charge in [0, 0.05) is 57.8 Å². The normalized spacial score (nSPS) is 23.5. The molecule has 7 nitrogen and oxygen atoms in total. The summed E-state index contributed by atoms with van der Waals surface area (Å²) in [6.45, 7) is 9.00. The maximum atomic E-state index is 12.6. The summed E-state index contributed by atoms with van der Waals surface area (Å²) in [5.74, 6) is 0.908. The van der Waals surface area contributed by atoms with Crippen molar-refractivity contribution in [3.05, 3.63) is 29.8 Å². The van der Waals surface area contributed by atoms with Crippen LogP contribution in [-0.2, 0) is 9.53 Å². The van der Waals surface area contributed by atoms with E-state index >= 15 is 0 Å². The van der Waals surface area contributed by atoms with E-state index in [4.69, 9.17) is 9.47 Å². The molecule has 0 radical (unpaired) electrons. The lowest BCUT2D eigenvalue weighted by Gasteiger charge is -2.37. The summed E-state index contributed by atoms with van der Waals surface area (Å²) in [7, 11) is 1.60. The van der Waals surface area contributed by atoms with Crippen molar-refractivity contribution in [3.8, 4) is 5.75 Å². The Morgan fingerprint density at radius 1 is 1.00 bits per heavy atom. The van der Waals surface area contributed by atoms with Gasteiger partial charge in [-0.05, 0) is 38.1 Å². The van der Waals surface area contributed by atoms with Gasteiger partial charge in [0.05, 0.1) is 19.3 Å². The van der Waals surface area contributed by atoms with Crippen LogP contribution in [0.3, 0.4) is 0 Å². The molecule has 0 bridgehead atoms. The molecule has 0 saturated carbocycles. The van der Waals surface area contributed by atoms with Gasteiger partial charge in [0.2, 0.25) is 5.91 Å². The summed E-state index contributed by atoms with van der Waals surface area (Å²) >= 11 is 0. The summed E-state index contributed by atoms with van der Waals surface area (Å²) < 4.78 is 10.9. The van der Waals surface area contributed by atoms with Crippen LogP contribution in [0.2, 0.25) is 0 Å². The Balaban J connectivity index is 1.43. The molecule has 2 aliphatic heterocycles. The van der Waals surface area contributed by atoms with Gasteiger partial charge in [0.1, 0.15) is 5.75 Å². The molecule has 0 spiro atoms. The summed E-state index contributed by atoms with van der Waals surface area (Å²) in [6.07, 6.45) is 0.948. The largest absolute Gasteiger partial charge is 0.497 e. The molecule has 0 aliphatic carbocycles. The molecule has 28 heavy (non-hydrogen) atoms. The fourth-order valence-corrected chi connectivity index (χ4v) is 3.95. The third-order valence-corrected chi connectivity index (χ3v) is 5.39. The van der Waals surface area contributed by atoms with Gasteiger partial charge in [-0.2, -0.15) is 0 Å². The zero-order valence-corrected chi connectivity index (χ0v) is 17.1. The number of amides is 2. The summed E-state index contributed by atoms with van der Waals surface area (Å²) in [5, 5.41) is 0. The molecule has 2 aliphatic rings. The topological polar surface area (TPSA) is 62.3 Å². The molecule has 3 rings (SSSR count). The number of ether oxygens (including phenoxy) is 2. The highest BCUT2D eigenvalue weighted by atomic mass is 16.5. The van der Waals surface area contributed by atoms with Gasteiger partial charge in [-0.1, -0.05) is 0 Å². The SMILES string of the molecule is COc1ccc(C(=O)N2CCN(C(=O)CCN3C[C@@H](C)O[C@@H](C)C3)CC2)cc1. The molecular formula is C21H31N3O4. The minimum absolute atomic E-state index is 0.00560. The maximum absolute atomic E-state index is 12.6. The first kappa shape index (κ1) is 20.6. The molecule has 154 valence electrons. The molecule has 2 atom stereocenters. The third-order valence-electron chi connectivity index (χ3n) is 5.39. The molecule has 2 saturated heterocycles. The Morgan fingerprint density at radius 2 is 1.57 bits per heavy atom. The van der Waals surface area contributed by atoms with Gasteiger partial charge in [-0.25, -0.2) is 0 Å². The van der Waals surface area contributed by atoms with Crippen molar-refractivity contribution >= 4 is 11.8 Å². The van der Waals surface area contributed by atoms with Gasteiger partial charge >= 0.3 is 0 Å². The number of carbonyl (C=O) groups excluding carboxylic acids is 2. The van der Waals surface area contributed by atoms with Gasteiger partial charge < -0.3 is 19.3 Å². The first-order valence-electron chi connectivity index (χ1n) is 10.0. The average Bonchev–Trinajstić information content (AvgIpc) is 2.71. The lowest BCUT2D eigenvalue weighted by atomic mass is 10.1. The highest BCUT2D eigenvalue weighted by molar-refractivity contribution is 5.94. The van der Waals surface area contributed by atoms with Gasteiger partial charge in [-0.3, -0.25) is 14.5 Å². The Hall–Kier alpha value is -2.12. The Labute approximate surface area is 167 Å². The van der Waals surface area contributed by atoms with Crippen molar-refractivity contribution in [1.82, 2.24) is 14.7 Å². The molecule has 2 amide bonds. The van der Waals surface area contributed by atoms with Crippen LogP contribution in [-0.4, -0.2) is 91.6 Å². The van der Waals surface area contributed by atoms with E-state index in [9.17, 15) is 9.59 Å².